The zero-order valence-corrected chi connectivity index (χ0v) is 13.5. The van der Waals surface area contributed by atoms with Gasteiger partial charge in [0.15, 0.2) is 0 Å². The molecule has 0 fully saturated rings. The molecule has 0 radical (unpaired) electrons. The highest BCUT2D eigenvalue weighted by molar-refractivity contribution is 7.20. The van der Waals surface area contributed by atoms with Crippen LogP contribution in [0.2, 0.25) is 0 Å². The molecule has 0 aliphatic rings. The Hall–Kier alpha value is -1.73. The first-order valence-corrected chi connectivity index (χ1v) is 8.45. The van der Waals surface area contributed by atoms with Crippen molar-refractivity contribution in [1.82, 2.24) is 15.6 Å². The summed E-state index contributed by atoms with van der Waals surface area (Å²) in [6, 6.07) is 3.34. The van der Waals surface area contributed by atoms with E-state index in [1.54, 1.807) is 23.6 Å². The summed E-state index contributed by atoms with van der Waals surface area (Å²) in [5.41, 5.74) is 0.346. The Bertz CT molecular complexity index is 608. The minimum absolute atomic E-state index is 0.182. The lowest BCUT2D eigenvalue weighted by Crippen LogP contribution is -2.45. The van der Waals surface area contributed by atoms with Gasteiger partial charge in [-0.25, -0.2) is 4.98 Å². The lowest BCUT2D eigenvalue weighted by atomic mass is 10.3. The average Bonchev–Trinajstić information content (AvgIpc) is 3.14. The summed E-state index contributed by atoms with van der Waals surface area (Å²) in [4.78, 5) is 29.1. The largest absolute Gasteiger partial charge is 0.354 e. The van der Waals surface area contributed by atoms with Crippen molar-refractivity contribution in [2.45, 2.75) is 26.3 Å². The standard InChI is InChI=1S/C14H17N3O2S2/c1-3-6-15-12(18)9(2)16-13(19)10-8-21-14(17-10)11-5-4-7-20-11/h4-5,7-9H,3,6H2,1-2H3,(H,15,18)(H,16,19). The lowest BCUT2D eigenvalue weighted by Gasteiger charge is -2.12. The van der Waals surface area contributed by atoms with Crippen molar-refractivity contribution in [2.24, 2.45) is 0 Å². The van der Waals surface area contributed by atoms with Gasteiger partial charge in [-0.05, 0) is 24.8 Å². The molecule has 2 heterocycles. The highest BCUT2D eigenvalue weighted by Crippen LogP contribution is 2.27. The summed E-state index contributed by atoms with van der Waals surface area (Å²) in [6.45, 7) is 4.25. The second-order valence-corrected chi connectivity index (χ2v) is 6.31. The summed E-state index contributed by atoms with van der Waals surface area (Å²) < 4.78 is 0. The van der Waals surface area contributed by atoms with E-state index in [2.05, 4.69) is 15.6 Å². The van der Waals surface area contributed by atoms with Gasteiger partial charge in [0.2, 0.25) is 5.91 Å². The van der Waals surface area contributed by atoms with Crippen LogP contribution >= 0.6 is 22.7 Å². The molecule has 0 aliphatic heterocycles. The summed E-state index contributed by atoms with van der Waals surface area (Å²) in [5, 5.41) is 9.90. The quantitative estimate of drug-likeness (QED) is 0.858. The van der Waals surface area contributed by atoms with Gasteiger partial charge < -0.3 is 10.6 Å². The molecule has 1 unspecified atom stereocenters. The Balaban J connectivity index is 1.96. The smallest absolute Gasteiger partial charge is 0.271 e. The van der Waals surface area contributed by atoms with E-state index >= 15 is 0 Å². The Morgan fingerprint density at radius 3 is 2.86 bits per heavy atom. The number of nitrogens with zero attached hydrogens (tertiary/aromatic N) is 1. The van der Waals surface area contributed by atoms with Gasteiger partial charge in [0, 0.05) is 11.9 Å². The number of hydrogen-bond acceptors (Lipinski definition) is 5. The maximum absolute atomic E-state index is 12.1. The Kier molecular flexibility index (Phi) is 5.46. The molecule has 0 saturated carbocycles. The van der Waals surface area contributed by atoms with Gasteiger partial charge in [0.1, 0.15) is 16.7 Å². The minimum atomic E-state index is -0.573. The first kappa shape index (κ1) is 15.7. The highest BCUT2D eigenvalue weighted by Gasteiger charge is 2.18. The molecule has 0 saturated heterocycles. The normalized spacial score (nSPS) is 11.9. The van der Waals surface area contributed by atoms with Gasteiger partial charge in [0.05, 0.1) is 4.88 Å². The van der Waals surface area contributed by atoms with Crippen LogP contribution in [0.15, 0.2) is 22.9 Å². The van der Waals surface area contributed by atoms with E-state index in [4.69, 9.17) is 0 Å². The van der Waals surface area contributed by atoms with Crippen LogP contribution in [0.25, 0.3) is 9.88 Å². The molecule has 21 heavy (non-hydrogen) atoms. The van der Waals surface area contributed by atoms with Gasteiger partial charge in [-0.3, -0.25) is 9.59 Å². The number of rotatable bonds is 6. The molecule has 7 heteroatoms. The van der Waals surface area contributed by atoms with E-state index in [1.807, 2.05) is 24.4 Å². The Labute approximate surface area is 131 Å². The highest BCUT2D eigenvalue weighted by atomic mass is 32.1. The van der Waals surface area contributed by atoms with E-state index in [-0.39, 0.29) is 11.8 Å². The van der Waals surface area contributed by atoms with Gasteiger partial charge in [-0.1, -0.05) is 13.0 Å². The third kappa shape index (κ3) is 4.12. The second kappa shape index (κ2) is 7.33. The number of carbonyl (C=O) groups excluding carboxylic acids is 2. The average molecular weight is 323 g/mol. The number of thiophene rings is 1. The molecule has 2 amide bonds. The third-order valence-corrected chi connectivity index (χ3v) is 4.64. The molecule has 112 valence electrons. The van der Waals surface area contributed by atoms with E-state index in [1.165, 1.54) is 11.3 Å². The number of aromatic nitrogens is 1. The van der Waals surface area contributed by atoms with Crippen molar-refractivity contribution < 1.29 is 9.59 Å². The minimum Gasteiger partial charge on any atom is -0.354 e. The van der Waals surface area contributed by atoms with Gasteiger partial charge in [0.25, 0.3) is 5.91 Å². The maximum Gasteiger partial charge on any atom is 0.271 e. The van der Waals surface area contributed by atoms with Crippen molar-refractivity contribution in [3.63, 3.8) is 0 Å². The van der Waals surface area contributed by atoms with Gasteiger partial charge in [-0.15, -0.1) is 22.7 Å². The number of hydrogen-bond donors (Lipinski definition) is 2. The Morgan fingerprint density at radius 2 is 2.19 bits per heavy atom. The van der Waals surface area contributed by atoms with Crippen LogP contribution in [0.5, 0.6) is 0 Å². The summed E-state index contributed by atoms with van der Waals surface area (Å²) in [7, 11) is 0. The molecule has 2 aromatic rings. The van der Waals surface area contributed by atoms with E-state index in [0.29, 0.717) is 12.2 Å². The molecule has 2 aromatic heterocycles. The summed E-state index contributed by atoms with van der Waals surface area (Å²) in [6.07, 6.45) is 0.864. The fraction of sp³-hybridized carbons (Fsp3) is 0.357. The SMILES string of the molecule is CCCNC(=O)C(C)NC(=O)c1csc(-c2cccs2)n1. The number of thiazole rings is 1. The van der Waals surface area contributed by atoms with Crippen LogP contribution in [-0.4, -0.2) is 29.4 Å². The second-order valence-electron chi connectivity index (χ2n) is 4.50. The lowest BCUT2D eigenvalue weighted by molar-refractivity contribution is -0.122. The molecule has 0 spiro atoms. The van der Waals surface area contributed by atoms with Crippen molar-refractivity contribution in [2.75, 3.05) is 6.54 Å². The van der Waals surface area contributed by atoms with E-state index in [0.717, 1.165) is 16.3 Å². The predicted molar refractivity (Wildman–Crippen MR) is 85.7 cm³/mol. The fourth-order valence-corrected chi connectivity index (χ4v) is 3.24. The molecule has 0 bridgehead atoms. The van der Waals surface area contributed by atoms with Crippen LogP contribution in [-0.2, 0) is 4.79 Å². The zero-order valence-electron chi connectivity index (χ0n) is 11.9. The molecule has 2 rings (SSSR count). The van der Waals surface area contributed by atoms with Gasteiger partial charge >= 0.3 is 0 Å². The zero-order chi connectivity index (χ0) is 15.2. The summed E-state index contributed by atoms with van der Waals surface area (Å²) >= 11 is 3.00. The van der Waals surface area contributed by atoms with Crippen molar-refractivity contribution in [3.05, 3.63) is 28.6 Å². The molecule has 0 aromatic carbocycles. The molecule has 1 atom stereocenters. The van der Waals surface area contributed by atoms with Gasteiger partial charge in [-0.2, -0.15) is 0 Å². The van der Waals surface area contributed by atoms with Crippen LogP contribution in [0.4, 0.5) is 0 Å². The number of nitrogens with one attached hydrogen (secondary N) is 2. The summed E-state index contributed by atoms with van der Waals surface area (Å²) in [5.74, 6) is -0.507. The van der Waals surface area contributed by atoms with Crippen molar-refractivity contribution in [1.29, 1.82) is 0 Å². The molecule has 2 N–H and O–H groups in total. The number of amides is 2. The maximum atomic E-state index is 12.1. The van der Waals surface area contributed by atoms with E-state index < -0.39 is 6.04 Å². The molecular formula is C14H17N3O2S2. The number of carbonyl (C=O) groups is 2. The van der Waals surface area contributed by atoms with E-state index in [9.17, 15) is 9.59 Å². The topological polar surface area (TPSA) is 71.1 Å². The fourth-order valence-electron chi connectivity index (χ4n) is 1.63. The first-order valence-electron chi connectivity index (χ1n) is 6.69. The van der Waals surface area contributed by atoms with Crippen LogP contribution < -0.4 is 10.6 Å². The molecule has 5 nitrogen and oxygen atoms in total. The molecular weight excluding hydrogens is 306 g/mol. The molecule has 0 aliphatic carbocycles. The van der Waals surface area contributed by atoms with Crippen LogP contribution in [0, 0.1) is 0 Å². The van der Waals surface area contributed by atoms with Crippen molar-refractivity contribution in [3.8, 4) is 9.88 Å². The van der Waals surface area contributed by atoms with Crippen molar-refractivity contribution >= 4 is 34.5 Å². The monoisotopic (exact) mass is 323 g/mol. The third-order valence-electron chi connectivity index (χ3n) is 2.76. The Morgan fingerprint density at radius 1 is 1.38 bits per heavy atom. The van der Waals surface area contributed by atoms with Crippen LogP contribution in [0.3, 0.4) is 0 Å². The first-order chi connectivity index (χ1) is 10.1. The van der Waals surface area contributed by atoms with Crippen LogP contribution in [0.1, 0.15) is 30.8 Å². The predicted octanol–water partition coefficient (Wildman–Crippen LogP) is 2.52.